The summed E-state index contributed by atoms with van der Waals surface area (Å²) in [4.78, 5) is 2.15. The molecular formula is C14H17F4N3O2. The van der Waals surface area contributed by atoms with Crippen LogP contribution in [0, 0.1) is 0 Å². The lowest BCUT2D eigenvalue weighted by Gasteiger charge is -2.30. The molecule has 0 atom stereocenters. The van der Waals surface area contributed by atoms with Crippen LogP contribution in [-0.4, -0.2) is 62.6 Å². The van der Waals surface area contributed by atoms with Crippen molar-refractivity contribution in [1.29, 1.82) is 0 Å². The highest BCUT2D eigenvalue weighted by atomic mass is 19.3. The number of halogens is 4. The molecular weight excluding hydrogens is 318 g/mol. The maximum Gasteiger partial charge on any atom is 0.387 e. The first kappa shape index (κ1) is 17.3. The van der Waals surface area contributed by atoms with Crippen molar-refractivity contribution in [3.05, 3.63) is 23.8 Å². The van der Waals surface area contributed by atoms with Gasteiger partial charge in [-0.3, -0.25) is 5.01 Å². The van der Waals surface area contributed by atoms with Crippen LogP contribution < -0.4 is 9.47 Å². The van der Waals surface area contributed by atoms with Crippen LogP contribution in [0.25, 0.3) is 0 Å². The average Bonchev–Trinajstić information content (AvgIpc) is 2.47. The van der Waals surface area contributed by atoms with Gasteiger partial charge in [0.15, 0.2) is 0 Å². The summed E-state index contributed by atoms with van der Waals surface area (Å²) in [5.41, 5.74) is 0.255. The summed E-state index contributed by atoms with van der Waals surface area (Å²) in [5.74, 6) is -0.525. The molecule has 9 heteroatoms. The lowest BCUT2D eigenvalue weighted by atomic mass is 10.2. The van der Waals surface area contributed by atoms with E-state index in [1.165, 1.54) is 18.3 Å². The van der Waals surface area contributed by atoms with Gasteiger partial charge in [0, 0.05) is 37.8 Å². The van der Waals surface area contributed by atoms with Gasteiger partial charge in [-0.15, -0.1) is 0 Å². The van der Waals surface area contributed by atoms with E-state index in [9.17, 15) is 17.6 Å². The number of rotatable bonds is 6. The van der Waals surface area contributed by atoms with Gasteiger partial charge in [-0.2, -0.15) is 22.7 Å². The van der Waals surface area contributed by atoms with Crippen molar-refractivity contribution in [2.45, 2.75) is 13.2 Å². The molecule has 0 bridgehead atoms. The van der Waals surface area contributed by atoms with Gasteiger partial charge in [0.25, 0.3) is 0 Å². The van der Waals surface area contributed by atoms with Crippen molar-refractivity contribution >= 4 is 6.21 Å². The molecule has 0 saturated carbocycles. The summed E-state index contributed by atoms with van der Waals surface area (Å²) in [7, 11) is 2.00. The standard InChI is InChI=1S/C14H17F4N3O2/c1-20-4-6-21(7-5-20)19-9-10-2-3-11(22-13(15)16)8-12(10)23-14(17)18/h2-3,8-9,13-14H,4-7H2,1H3/b19-9-. The Morgan fingerprint density at radius 2 is 1.70 bits per heavy atom. The fraction of sp³-hybridized carbons (Fsp3) is 0.500. The van der Waals surface area contributed by atoms with Crippen molar-refractivity contribution in [2.75, 3.05) is 33.2 Å². The van der Waals surface area contributed by atoms with E-state index in [0.29, 0.717) is 13.1 Å². The maximum atomic E-state index is 12.5. The summed E-state index contributed by atoms with van der Waals surface area (Å²) in [6.07, 6.45) is 1.37. The molecule has 1 aliphatic rings. The highest BCUT2D eigenvalue weighted by molar-refractivity contribution is 5.83. The third kappa shape index (κ3) is 5.59. The predicted octanol–water partition coefficient (Wildman–Crippen LogP) is 2.47. The molecule has 0 N–H and O–H groups in total. The van der Waals surface area contributed by atoms with E-state index >= 15 is 0 Å². The molecule has 0 unspecified atom stereocenters. The number of benzene rings is 1. The first-order valence-corrected chi connectivity index (χ1v) is 6.95. The molecule has 23 heavy (non-hydrogen) atoms. The SMILES string of the molecule is CN1CCN(/N=C\c2ccc(OC(F)F)cc2OC(F)F)CC1. The predicted molar refractivity (Wildman–Crippen MR) is 76.4 cm³/mol. The van der Waals surface area contributed by atoms with Crippen LogP contribution in [-0.2, 0) is 0 Å². The molecule has 0 aliphatic carbocycles. The largest absolute Gasteiger partial charge is 0.435 e. The number of hydrogen-bond acceptors (Lipinski definition) is 5. The zero-order chi connectivity index (χ0) is 16.8. The Balaban J connectivity index is 2.12. The first-order valence-electron chi connectivity index (χ1n) is 6.95. The summed E-state index contributed by atoms with van der Waals surface area (Å²) in [5, 5.41) is 6.02. The Bertz CT molecular complexity index is 535. The van der Waals surface area contributed by atoms with Crippen LogP contribution in [0.1, 0.15) is 5.56 Å². The van der Waals surface area contributed by atoms with Crippen LogP contribution in [0.3, 0.4) is 0 Å². The lowest BCUT2D eigenvalue weighted by molar-refractivity contribution is -0.0543. The van der Waals surface area contributed by atoms with E-state index in [-0.39, 0.29) is 17.1 Å². The van der Waals surface area contributed by atoms with Gasteiger partial charge in [-0.25, -0.2) is 0 Å². The molecule has 0 amide bonds. The zero-order valence-electron chi connectivity index (χ0n) is 12.5. The minimum Gasteiger partial charge on any atom is -0.435 e. The second-order valence-electron chi connectivity index (χ2n) is 4.96. The number of nitrogens with zero attached hydrogens (tertiary/aromatic N) is 3. The Morgan fingerprint density at radius 1 is 1.04 bits per heavy atom. The van der Waals surface area contributed by atoms with E-state index in [4.69, 9.17) is 0 Å². The van der Waals surface area contributed by atoms with Gasteiger partial charge in [0.2, 0.25) is 0 Å². The molecule has 1 aliphatic heterocycles. The summed E-state index contributed by atoms with van der Waals surface area (Å²) >= 11 is 0. The van der Waals surface area contributed by atoms with Crippen molar-refractivity contribution < 1.29 is 27.0 Å². The monoisotopic (exact) mass is 335 g/mol. The van der Waals surface area contributed by atoms with Gasteiger partial charge in [0.05, 0.1) is 6.21 Å². The van der Waals surface area contributed by atoms with Gasteiger partial charge in [-0.1, -0.05) is 0 Å². The first-order chi connectivity index (χ1) is 10.9. The fourth-order valence-corrected chi connectivity index (χ4v) is 2.05. The van der Waals surface area contributed by atoms with Crippen LogP contribution in [0.4, 0.5) is 17.6 Å². The normalized spacial score (nSPS) is 16.6. The second-order valence-corrected chi connectivity index (χ2v) is 4.96. The van der Waals surface area contributed by atoms with Gasteiger partial charge < -0.3 is 14.4 Å². The molecule has 1 saturated heterocycles. The van der Waals surface area contributed by atoms with Crippen molar-refractivity contribution in [2.24, 2.45) is 5.10 Å². The van der Waals surface area contributed by atoms with E-state index in [1.54, 1.807) is 5.01 Å². The van der Waals surface area contributed by atoms with Crippen LogP contribution in [0.5, 0.6) is 11.5 Å². The Kier molecular flexibility index (Phi) is 6.03. The molecule has 1 fully saturated rings. The maximum absolute atomic E-state index is 12.5. The lowest BCUT2D eigenvalue weighted by Crippen LogP contribution is -2.41. The Hall–Kier alpha value is -2.03. The third-order valence-electron chi connectivity index (χ3n) is 3.27. The highest BCUT2D eigenvalue weighted by Gasteiger charge is 2.14. The minimum atomic E-state index is -3.08. The fourth-order valence-electron chi connectivity index (χ4n) is 2.05. The van der Waals surface area contributed by atoms with Gasteiger partial charge >= 0.3 is 13.2 Å². The molecule has 1 aromatic carbocycles. The van der Waals surface area contributed by atoms with Crippen LogP contribution in [0.2, 0.25) is 0 Å². The molecule has 5 nitrogen and oxygen atoms in total. The number of hydrazone groups is 1. The third-order valence-corrected chi connectivity index (χ3v) is 3.27. The zero-order valence-corrected chi connectivity index (χ0v) is 12.5. The quantitative estimate of drug-likeness (QED) is 0.591. The van der Waals surface area contributed by atoms with Gasteiger partial charge in [0.1, 0.15) is 11.5 Å². The van der Waals surface area contributed by atoms with Crippen molar-refractivity contribution in [3.8, 4) is 11.5 Å². The number of hydrogen-bond donors (Lipinski definition) is 0. The summed E-state index contributed by atoms with van der Waals surface area (Å²) in [6, 6.07) is 3.58. The van der Waals surface area contributed by atoms with E-state index in [1.807, 2.05) is 7.05 Å². The van der Waals surface area contributed by atoms with E-state index in [2.05, 4.69) is 19.5 Å². The molecule has 0 spiro atoms. The molecule has 1 aromatic rings. The Labute approximate surface area is 131 Å². The van der Waals surface area contributed by atoms with E-state index in [0.717, 1.165) is 19.2 Å². The van der Waals surface area contributed by atoms with Crippen molar-refractivity contribution in [3.63, 3.8) is 0 Å². The minimum absolute atomic E-state index is 0.255. The molecule has 0 radical (unpaired) electrons. The molecule has 0 aromatic heterocycles. The topological polar surface area (TPSA) is 37.3 Å². The summed E-state index contributed by atoms with van der Waals surface area (Å²) in [6.45, 7) is -3.00. The number of piperazine rings is 1. The second kappa shape index (κ2) is 8.00. The van der Waals surface area contributed by atoms with E-state index < -0.39 is 13.2 Å². The van der Waals surface area contributed by atoms with Crippen molar-refractivity contribution in [1.82, 2.24) is 9.91 Å². The van der Waals surface area contributed by atoms with Gasteiger partial charge in [-0.05, 0) is 19.2 Å². The molecule has 1 heterocycles. The summed E-state index contributed by atoms with van der Waals surface area (Å²) < 4.78 is 57.8. The number of alkyl halides is 4. The van der Waals surface area contributed by atoms with Crippen LogP contribution in [0.15, 0.2) is 23.3 Å². The highest BCUT2D eigenvalue weighted by Crippen LogP contribution is 2.26. The average molecular weight is 335 g/mol. The number of likely N-dealkylation sites (N-methyl/N-ethyl adjacent to an activating group) is 1. The molecule has 2 rings (SSSR count). The Morgan fingerprint density at radius 3 is 2.30 bits per heavy atom. The smallest absolute Gasteiger partial charge is 0.387 e. The molecule has 128 valence electrons. The van der Waals surface area contributed by atoms with Crippen LogP contribution >= 0.6 is 0 Å². The number of ether oxygens (including phenoxy) is 2.